The molecule has 1 N–H and O–H groups in total. The van der Waals surface area contributed by atoms with Crippen LogP contribution in [0.1, 0.15) is 41.1 Å². The largest absolute Gasteiger partial charge is 0.369 e. The van der Waals surface area contributed by atoms with E-state index >= 15 is 0 Å². The molecule has 2 aromatic carbocycles. The Labute approximate surface area is 167 Å². The summed E-state index contributed by atoms with van der Waals surface area (Å²) in [6.07, 6.45) is 3.50. The van der Waals surface area contributed by atoms with Gasteiger partial charge >= 0.3 is 0 Å². The summed E-state index contributed by atoms with van der Waals surface area (Å²) in [6.45, 7) is 6.52. The minimum Gasteiger partial charge on any atom is -0.369 e. The number of nitrogens with zero attached hydrogens (tertiary/aromatic N) is 3. The van der Waals surface area contributed by atoms with E-state index in [0.717, 1.165) is 38.3 Å². The van der Waals surface area contributed by atoms with E-state index in [2.05, 4.69) is 76.4 Å². The van der Waals surface area contributed by atoms with Crippen LogP contribution in [-0.4, -0.2) is 34.3 Å². The van der Waals surface area contributed by atoms with Crippen molar-refractivity contribution in [1.82, 2.24) is 14.7 Å². The molecule has 5 rings (SSSR count). The van der Waals surface area contributed by atoms with Gasteiger partial charge in [-0.1, -0.05) is 48.0 Å². The molecular formula is C24H28N4. The summed E-state index contributed by atoms with van der Waals surface area (Å²) in [4.78, 5) is 2.58. The molecule has 2 aliphatic rings. The fraction of sp³-hybridized carbons (Fsp3) is 0.375. The van der Waals surface area contributed by atoms with Crippen molar-refractivity contribution in [2.75, 3.05) is 25.0 Å². The highest BCUT2D eigenvalue weighted by Gasteiger charge is 2.30. The first-order valence-electron chi connectivity index (χ1n) is 10.5. The summed E-state index contributed by atoms with van der Waals surface area (Å²) >= 11 is 0. The van der Waals surface area contributed by atoms with Crippen LogP contribution in [0.2, 0.25) is 0 Å². The number of hydrogen-bond acceptors (Lipinski definition) is 3. The monoisotopic (exact) mass is 372 g/mol. The van der Waals surface area contributed by atoms with Crippen LogP contribution in [0.25, 0.3) is 5.69 Å². The van der Waals surface area contributed by atoms with E-state index in [-0.39, 0.29) is 0 Å². The minimum atomic E-state index is 0.576. The van der Waals surface area contributed by atoms with Crippen LogP contribution in [-0.2, 0) is 13.0 Å². The Kier molecular flexibility index (Phi) is 4.65. The molecule has 0 amide bonds. The number of aryl methyl sites for hydroxylation is 1. The van der Waals surface area contributed by atoms with E-state index in [1.165, 1.54) is 41.0 Å². The van der Waals surface area contributed by atoms with E-state index < -0.39 is 0 Å². The number of rotatable bonds is 4. The van der Waals surface area contributed by atoms with Crippen molar-refractivity contribution in [3.63, 3.8) is 0 Å². The average molecular weight is 373 g/mol. The molecule has 0 saturated carbocycles. The van der Waals surface area contributed by atoms with E-state index in [9.17, 15) is 0 Å². The maximum atomic E-state index is 5.10. The van der Waals surface area contributed by atoms with Crippen LogP contribution < -0.4 is 5.32 Å². The molecule has 4 heteroatoms. The molecule has 144 valence electrons. The van der Waals surface area contributed by atoms with Gasteiger partial charge in [-0.05, 0) is 57.0 Å². The molecule has 3 heterocycles. The SMILES string of the molecule is Cc1ccc(-n2nc(C3CCN(Cc4ccccc4)CC3)c3c2NCC3)cc1. The number of nitrogens with one attached hydrogen (secondary N) is 1. The molecule has 0 radical (unpaired) electrons. The lowest BCUT2D eigenvalue weighted by molar-refractivity contribution is 0.203. The summed E-state index contributed by atoms with van der Waals surface area (Å²) in [5.74, 6) is 1.79. The van der Waals surface area contributed by atoms with Crippen molar-refractivity contribution >= 4 is 5.82 Å². The first-order chi connectivity index (χ1) is 13.8. The van der Waals surface area contributed by atoms with Gasteiger partial charge in [-0.15, -0.1) is 0 Å². The summed E-state index contributed by atoms with van der Waals surface area (Å²) in [5.41, 5.74) is 6.63. The Balaban J connectivity index is 1.33. The van der Waals surface area contributed by atoms with Gasteiger partial charge in [0.2, 0.25) is 0 Å². The number of aromatic nitrogens is 2. The fourth-order valence-corrected chi connectivity index (χ4v) is 4.61. The molecule has 1 saturated heterocycles. The third-order valence-corrected chi connectivity index (χ3v) is 6.18. The molecule has 3 aromatic rings. The first-order valence-corrected chi connectivity index (χ1v) is 10.5. The minimum absolute atomic E-state index is 0.576. The molecule has 0 atom stereocenters. The van der Waals surface area contributed by atoms with Crippen molar-refractivity contribution in [2.24, 2.45) is 0 Å². The van der Waals surface area contributed by atoms with Crippen molar-refractivity contribution < 1.29 is 0 Å². The lowest BCUT2D eigenvalue weighted by Crippen LogP contribution is -2.32. The lowest BCUT2D eigenvalue weighted by atomic mass is 9.90. The Morgan fingerprint density at radius 3 is 2.50 bits per heavy atom. The third kappa shape index (κ3) is 3.33. The van der Waals surface area contributed by atoms with E-state index in [4.69, 9.17) is 5.10 Å². The molecule has 28 heavy (non-hydrogen) atoms. The highest BCUT2D eigenvalue weighted by molar-refractivity contribution is 5.58. The quantitative estimate of drug-likeness (QED) is 0.730. The molecule has 2 aliphatic heterocycles. The summed E-state index contributed by atoms with van der Waals surface area (Å²) in [7, 11) is 0. The molecule has 0 aliphatic carbocycles. The topological polar surface area (TPSA) is 33.1 Å². The second-order valence-corrected chi connectivity index (χ2v) is 8.17. The number of piperidine rings is 1. The van der Waals surface area contributed by atoms with Gasteiger partial charge in [-0.25, -0.2) is 4.68 Å². The van der Waals surface area contributed by atoms with Gasteiger partial charge < -0.3 is 5.32 Å². The maximum absolute atomic E-state index is 5.10. The van der Waals surface area contributed by atoms with Crippen molar-refractivity contribution in [3.8, 4) is 5.69 Å². The van der Waals surface area contributed by atoms with Gasteiger partial charge in [-0.3, -0.25) is 4.90 Å². The maximum Gasteiger partial charge on any atom is 0.133 e. The number of benzene rings is 2. The highest BCUT2D eigenvalue weighted by atomic mass is 15.3. The van der Waals surface area contributed by atoms with Crippen LogP contribution in [0.4, 0.5) is 5.82 Å². The van der Waals surface area contributed by atoms with Crippen molar-refractivity contribution in [3.05, 3.63) is 77.0 Å². The Bertz CT molecular complexity index is 935. The highest BCUT2D eigenvalue weighted by Crippen LogP contribution is 2.37. The standard InChI is InChI=1S/C24H28N4/c1-18-7-9-21(10-8-18)28-24-22(11-14-25-24)23(26-28)20-12-15-27(16-13-20)17-19-5-3-2-4-6-19/h2-10,20,25H,11-17H2,1H3. The summed E-state index contributed by atoms with van der Waals surface area (Å²) < 4.78 is 2.13. The molecule has 0 unspecified atom stereocenters. The zero-order valence-corrected chi connectivity index (χ0v) is 16.6. The van der Waals surface area contributed by atoms with E-state index in [1.54, 1.807) is 0 Å². The van der Waals surface area contributed by atoms with E-state index in [1.807, 2.05) is 0 Å². The first kappa shape index (κ1) is 17.5. The van der Waals surface area contributed by atoms with Gasteiger partial charge in [-0.2, -0.15) is 5.10 Å². The smallest absolute Gasteiger partial charge is 0.133 e. The van der Waals surface area contributed by atoms with Crippen LogP contribution in [0.3, 0.4) is 0 Å². The predicted molar refractivity (Wildman–Crippen MR) is 114 cm³/mol. The van der Waals surface area contributed by atoms with Crippen LogP contribution in [0, 0.1) is 6.92 Å². The van der Waals surface area contributed by atoms with Gasteiger partial charge in [0, 0.05) is 24.6 Å². The predicted octanol–water partition coefficient (Wildman–Crippen LogP) is 4.53. The number of anilines is 1. The molecular weight excluding hydrogens is 344 g/mol. The second-order valence-electron chi connectivity index (χ2n) is 8.17. The number of hydrogen-bond donors (Lipinski definition) is 1. The zero-order chi connectivity index (χ0) is 18.9. The van der Waals surface area contributed by atoms with Gasteiger partial charge in [0.15, 0.2) is 0 Å². The number of likely N-dealkylation sites (tertiary alicyclic amines) is 1. The summed E-state index contributed by atoms with van der Waals surface area (Å²) in [5, 5.41) is 8.67. The van der Waals surface area contributed by atoms with Crippen molar-refractivity contribution in [2.45, 2.75) is 38.6 Å². The molecule has 4 nitrogen and oxygen atoms in total. The second kappa shape index (κ2) is 7.44. The van der Waals surface area contributed by atoms with E-state index in [0.29, 0.717) is 5.92 Å². The van der Waals surface area contributed by atoms with Gasteiger partial charge in [0.1, 0.15) is 5.82 Å². The Morgan fingerprint density at radius 2 is 1.75 bits per heavy atom. The average Bonchev–Trinajstić information content (AvgIpc) is 3.33. The number of fused-ring (bicyclic) bond motifs is 1. The molecule has 0 bridgehead atoms. The van der Waals surface area contributed by atoms with Crippen molar-refractivity contribution in [1.29, 1.82) is 0 Å². The van der Waals surface area contributed by atoms with Crippen LogP contribution >= 0.6 is 0 Å². The Morgan fingerprint density at radius 1 is 1.00 bits per heavy atom. The van der Waals surface area contributed by atoms with Gasteiger partial charge in [0.25, 0.3) is 0 Å². The summed E-state index contributed by atoms with van der Waals surface area (Å²) in [6, 6.07) is 19.5. The zero-order valence-electron chi connectivity index (χ0n) is 16.6. The molecule has 1 aromatic heterocycles. The van der Waals surface area contributed by atoms with Gasteiger partial charge in [0.05, 0.1) is 11.4 Å². The lowest BCUT2D eigenvalue weighted by Gasteiger charge is -2.31. The van der Waals surface area contributed by atoms with Crippen LogP contribution in [0.15, 0.2) is 54.6 Å². The Hall–Kier alpha value is -2.59. The third-order valence-electron chi connectivity index (χ3n) is 6.18. The molecule has 0 spiro atoms. The molecule has 1 fully saturated rings. The fourth-order valence-electron chi connectivity index (χ4n) is 4.61. The normalized spacial score (nSPS) is 17.5. The van der Waals surface area contributed by atoms with Crippen LogP contribution in [0.5, 0.6) is 0 Å².